The molecule has 2 heteroatoms. The normalized spacial score (nSPS) is 10.2. The fourth-order valence-corrected chi connectivity index (χ4v) is 1.88. The van der Waals surface area contributed by atoms with Gasteiger partial charge in [-0.05, 0) is 48.2 Å². The zero-order chi connectivity index (χ0) is 12.4. The Morgan fingerprint density at radius 2 is 1.76 bits per heavy atom. The Labute approximate surface area is 101 Å². The molecule has 2 rings (SSSR count). The van der Waals surface area contributed by atoms with E-state index in [4.69, 9.17) is 5.11 Å². The van der Waals surface area contributed by atoms with E-state index >= 15 is 0 Å². The first-order valence-corrected chi connectivity index (χ1v) is 5.49. The van der Waals surface area contributed by atoms with Crippen LogP contribution in [-0.4, -0.2) is 11.1 Å². The molecular formula is C15H14O2. The van der Waals surface area contributed by atoms with Crippen molar-refractivity contribution >= 4 is 5.97 Å². The molecule has 0 aliphatic rings. The van der Waals surface area contributed by atoms with Gasteiger partial charge in [0.05, 0.1) is 5.56 Å². The first-order chi connectivity index (χ1) is 8.09. The summed E-state index contributed by atoms with van der Waals surface area (Å²) in [6.45, 7) is 4.11. The van der Waals surface area contributed by atoms with E-state index in [-0.39, 0.29) is 0 Å². The summed E-state index contributed by atoms with van der Waals surface area (Å²) in [5.74, 6) is -0.892. The van der Waals surface area contributed by atoms with Gasteiger partial charge in [0.15, 0.2) is 0 Å². The summed E-state index contributed by atoms with van der Waals surface area (Å²) in [6.07, 6.45) is 0. The molecule has 0 saturated heterocycles. The van der Waals surface area contributed by atoms with Crippen LogP contribution in [0, 0.1) is 13.8 Å². The number of benzene rings is 2. The molecule has 0 fully saturated rings. The Morgan fingerprint density at radius 3 is 2.47 bits per heavy atom. The molecule has 0 aliphatic carbocycles. The number of hydrogen-bond donors (Lipinski definition) is 1. The second-order valence-electron chi connectivity index (χ2n) is 4.13. The lowest BCUT2D eigenvalue weighted by atomic mass is 9.96. The minimum absolute atomic E-state index is 0.323. The van der Waals surface area contributed by atoms with Gasteiger partial charge in [0, 0.05) is 0 Å². The molecule has 0 unspecified atom stereocenters. The summed E-state index contributed by atoms with van der Waals surface area (Å²) in [6, 6.07) is 13.1. The van der Waals surface area contributed by atoms with E-state index < -0.39 is 5.97 Å². The van der Waals surface area contributed by atoms with E-state index in [2.05, 4.69) is 19.9 Å². The fourth-order valence-electron chi connectivity index (χ4n) is 1.88. The van der Waals surface area contributed by atoms with E-state index in [1.165, 1.54) is 11.1 Å². The minimum atomic E-state index is -0.892. The second kappa shape index (κ2) is 4.42. The molecule has 86 valence electrons. The molecule has 0 aromatic heterocycles. The summed E-state index contributed by atoms with van der Waals surface area (Å²) in [5, 5.41) is 8.98. The molecule has 0 saturated carbocycles. The highest BCUT2D eigenvalue weighted by Crippen LogP contribution is 2.26. The first kappa shape index (κ1) is 11.4. The lowest BCUT2D eigenvalue weighted by Crippen LogP contribution is -1.96. The van der Waals surface area contributed by atoms with Gasteiger partial charge in [-0.15, -0.1) is 0 Å². The molecule has 2 nitrogen and oxygen atoms in total. The van der Waals surface area contributed by atoms with Gasteiger partial charge in [-0.2, -0.15) is 0 Å². The van der Waals surface area contributed by atoms with E-state index in [0.717, 1.165) is 11.1 Å². The maximum Gasteiger partial charge on any atom is 0.335 e. The van der Waals surface area contributed by atoms with Crippen LogP contribution in [0.4, 0.5) is 0 Å². The predicted molar refractivity (Wildman–Crippen MR) is 68.3 cm³/mol. The number of carboxylic acid groups (broad SMARTS) is 1. The van der Waals surface area contributed by atoms with Crippen molar-refractivity contribution in [2.24, 2.45) is 0 Å². The van der Waals surface area contributed by atoms with Crippen LogP contribution in [0.15, 0.2) is 42.5 Å². The highest BCUT2D eigenvalue weighted by atomic mass is 16.4. The second-order valence-corrected chi connectivity index (χ2v) is 4.13. The van der Waals surface area contributed by atoms with Crippen LogP contribution in [0.5, 0.6) is 0 Å². The van der Waals surface area contributed by atoms with E-state index in [1.54, 1.807) is 18.2 Å². The van der Waals surface area contributed by atoms with Crippen molar-refractivity contribution in [2.45, 2.75) is 13.8 Å². The lowest BCUT2D eigenvalue weighted by molar-refractivity contribution is 0.0697. The Kier molecular flexibility index (Phi) is 2.96. The predicted octanol–water partition coefficient (Wildman–Crippen LogP) is 3.67. The van der Waals surface area contributed by atoms with Crippen molar-refractivity contribution in [3.05, 3.63) is 59.2 Å². The topological polar surface area (TPSA) is 37.3 Å². The van der Waals surface area contributed by atoms with E-state index in [0.29, 0.717) is 5.56 Å². The number of rotatable bonds is 2. The van der Waals surface area contributed by atoms with E-state index in [1.807, 2.05) is 18.2 Å². The van der Waals surface area contributed by atoms with Crippen LogP contribution in [0.3, 0.4) is 0 Å². The molecule has 0 aliphatic heterocycles. The van der Waals surface area contributed by atoms with Gasteiger partial charge in [-0.3, -0.25) is 0 Å². The van der Waals surface area contributed by atoms with Crippen LogP contribution >= 0.6 is 0 Å². The molecule has 0 heterocycles. The van der Waals surface area contributed by atoms with Crippen molar-refractivity contribution in [3.8, 4) is 11.1 Å². The summed E-state index contributed by atoms with van der Waals surface area (Å²) in [4.78, 5) is 10.9. The average molecular weight is 226 g/mol. The molecule has 1 N–H and O–H groups in total. The van der Waals surface area contributed by atoms with Crippen LogP contribution < -0.4 is 0 Å². The summed E-state index contributed by atoms with van der Waals surface area (Å²) >= 11 is 0. The third-order valence-corrected chi connectivity index (χ3v) is 3.03. The molecule has 2 aromatic rings. The summed E-state index contributed by atoms with van der Waals surface area (Å²) in [5.41, 5.74) is 4.76. The highest BCUT2D eigenvalue weighted by Gasteiger charge is 2.07. The third kappa shape index (κ3) is 2.21. The van der Waals surface area contributed by atoms with Gasteiger partial charge in [-0.1, -0.05) is 30.3 Å². The number of aryl methyl sites for hydroxylation is 1. The van der Waals surface area contributed by atoms with Gasteiger partial charge >= 0.3 is 5.97 Å². The first-order valence-electron chi connectivity index (χ1n) is 5.49. The number of aromatic carboxylic acids is 1. The smallest absolute Gasteiger partial charge is 0.335 e. The zero-order valence-electron chi connectivity index (χ0n) is 9.90. The molecule has 0 bridgehead atoms. The monoisotopic (exact) mass is 226 g/mol. The molecular weight excluding hydrogens is 212 g/mol. The van der Waals surface area contributed by atoms with Gasteiger partial charge in [0.25, 0.3) is 0 Å². The number of hydrogen-bond acceptors (Lipinski definition) is 1. The largest absolute Gasteiger partial charge is 0.478 e. The van der Waals surface area contributed by atoms with Gasteiger partial charge in [0.1, 0.15) is 0 Å². The standard InChI is InChI=1S/C15H14O2/c1-10-5-3-8-14(11(10)2)12-6-4-7-13(9-12)15(16)17/h3-9H,1-2H3,(H,16,17). The molecule has 0 spiro atoms. The summed E-state index contributed by atoms with van der Waals surface area (Å²) in [7, 11) is 0. The van der Waals surface area contributed by atoms with Crippen molar-refractivity contribution in [2.75, 3.05) is 0 Å². The Bertz CT molecular complexity index is 571. The highest BCUT2D eigenvalue weighted by molar-refractivity contribution is 5.89. The van der Waals surface area contributed by atoms with Gasteiger partial charge in [-0.25, -0.2) is 4.79 Å². The maximum atomic E-state index is 10.9. The lowest BCUT2D eigenvalue weighted by Gasteiger charge is -2.09. The molecule has 0 radical (unpaired) electrons. The minimum Gasteiger partial charge on any atom is -0.478 e. The van der Waals surface area contributed by atoms with Gasteiger partial charge < -0.3 is 5.11 Å². The quantitative estimate of drug-likeness (QED) is 0.848. The van der Waals surface area contributed by atoms with Crippen LogP contribution in [-0.2, 0) is 0 Å². The Morgan fingerprint density at radius 1 is 1.06 bits per heavy atom. The van der Waals surface area contributed by atoms with Crippen LogP contribution in [0.2, 0.25) is 0 Å². The SMILES string of the molecule is Cc1cccc(-c2cccc(C(=O)O)c2)c1C. The Hall–Kier alpha value is -2.09. The third-order valence-electron chi connectivity index (χ3n) is 3.03. The molecule has 2 aromatic carbocycles. The van der Waals surface area contributed by atoms with E-state index in [9.17, 15) is 4.79 Å². The zero-order valence-corrected chi connectivity index (χ0v) is 9.90. The van der Waals surface area contributed by atoms with Crippen LogP contribution in [0.25, 0.3) is 11.1 Å². The summed E-state index contributed by atoms with van der Waals surface area (Å²) < 4.78 is 0. The van der Waals surface area contributed by atoms with Crippen molar-refractivity contribution in [1.29, 1.82) is 0 Å². The average Bonchev–Trinajstić information content (AvgIpc) is 2.33. The van der Waals surface area contributed by atoms with Crippen molar-refractivity contribution in [3.63, 3.8) is 0 Å². The molecule has 17 heavy (non-hydrogen) atoms. The van der Waals surface area contributed by atoms with Gasteiger partial charge in [0.2, 0.25) is 0 Å². The van der Waals surface area contributed by atoms with Crippen molar-refractivity contribution < 1.29 is 9.90 Å². The fraction of sp³-hybridized carbons (Fsp3) is 0.133. The molecule has 0 atom stereocenters. The Balaban J connectivity index is 2.57. The number of carboxylic acids is 1. The van der Waals surface area contributed by atoms with Crippen LogP contribution in [0.1, 0.15) is 21.5 Å². The maximum absolute atomic E-state index is 10.9. The molecule has 0 amide bonds. The number of carbonyl (C=O) groups is 1. The van der Waals surface area contributed by atoms with Crippen molar-refractivity contribution in [1.82, 2.24) is 0 Å².